The standard InChI is InChI=1S/C19H17NO3S/c1-12(2)24-17-10-6-5-9-15(17)20-18(21)16-11-13-7-3-4-8-14(13)19(22)23-16/h3-12H,1-2H3,(H,20,21). The first kappa shape index (κ1) is 16.3. The van der Waals surface area contributed by atoms with Gasteiger partial charge in [-0.05, 0) is 29.7 Å². The van der Waals surface area contributed by atoms with Gasteiger partial charge in [0.1, 0.15) is 0 Å². The molecule has 1 aromatic heterocycles. The lowest BCUT2D eigenvalue weighted by Crippen LogP contribution is -2.15. The summed E-state index contributed by atoms with van der Waals surface area (Å²) in [6.07, 6.45) is 0. The second kappa shape index (κ2) is 6.93. The van der Waals surface area contributed by atoms with Crippen LogP contribution in [0.15, 0.2) is 68.7 Å². The van der Waals surface area contributed by atoms with Crippen LogP contribution in [0.5, 0.6) is 0 Å². The Morgan fingerprint density at radius 3 is 2.58 bits per heavy atom. The van der Waals surface area contributed by atoms with Crippen molar-refractivity contribution in [2.75, 3.05) is 5.32 Å². The van der Waals surface area contributed by atoms with Crippen LogP contribution in [0.4, 0.5) is 5.69 Å². The van der Waals surface area contributed by atoms with Crippen molar-refractivity contribution >= 4 is 34.1 Å². The first-order valence-corrected chi connectivity index (χ1v) is 8.52. The predicted octanol–water partition coefficient (Wildman–Crippen LogP) is 4.55. The fourth-order valence-corrected chi connectivity index (χ4v) is 3.27. The summed E-state index contributed by atoms with van der Waals surface area (Å²) in [6, 6.07) is 16.2. The highest BCUT2D eigenvalue weighted by Gasteiger charge is 2.14. The highest BCUT2D eigenvalue weighted by atomic mass is 32.2. The molecule has 1 amide bonds. The van der Waals surface area contributed by atoms with Gasteiger partial charge in [0.05, 0.1) is 11.1 Å². The number of amides is 1. The third kappa shape index (κ3) is 3.51. The maximum absolute atomic E-state index is 12.5. The average Bonchev–Trinajstić information content (AvgIpc) is 2.56. The first-order chi connectivity index (χ1) is 11.5. The Morgan fingerprint density at radius 1 is 1.08 bits per heavy atom. The summed E-state index contributed by atoms with van der Waals surface area (Å²) in [7, 11) is 0. The van der Waals surface area contributed by atoms with Gasteiger partial charge in [-0.1, -0.05) is 44.2 Å². The van der Waals surface area contributed by atoms with Crippen LogP contribution in [0.3, 0.4) is 0 Å². The van der Waals surface area contributed by atoms with E-state index >= 15 is 0 Å². The molecule has 0 saturated carbocycles. The molecule has 0 bridgehead atoms. The van der Waals surface area contributed by atoms with Crippen molar-refractivity contribution in [2.45, 2.75) is 24.0 Å². The van der Waals surface area contributed by atoms with E-state index in [9.17, 15) is 9.59 Å². The Labute approximate surface area is 143 Å². The van der Waals surface area contributed by atoms with Gasteiger partial charge in [-0.2, -0.15) is 0 Å². The molecule has 0 fully saturated rings. The second-order valence-corrected chi connectivity index (χ2v) is 7.22. The predicted molar refractivity (Wildman–Crippen MR) is 97.9 cm³/mol. The van der Waals surface area contributed by atoms with Crippen molar-refractivity contribution in [1.82, 2.24) is 0 Å². The molecule has 0 radical (unpaired) electrons. The van der Waals surface area contributed by atoms with Crippen molar-refractivity contribution in [3.05, 3.63) is 70.8 Å². The van der Waals surface area contributed by atoms with Crippen molar-refractivity contribution in [2.24, 2.45) is 0 Å². The molecule has 24 heavy (non-hydrogen) atoms. The molecule has 0 aliphatic heterocycles. The lowest BCUT2D eigenvalue weighted by molar-refractivity contribution is 0.0993. The van der Waals surface area contributed by atoms with Gasteiger partial charge >= 0.3 is 5.63 Å². The molecule has 0 atom stereocenters. The number of rotatable bonds is 4. The molecule has 3 rings (SSSR count). The molecular weight excluding hydrogens is 322 g/mol. The highest BCUT2D eigenvalue weighted by Crippen LogP contribution is 2.30. The summed E-state index contributed by atoms with van der Waals surface area (Å²) in [4.78, 5) is 25.5. The van der Waals surface area contributed by atoms with E-state index in [2.05, 4.69) is 19.2 Å². The van der Waals surface area contributed by atoms with Crippen LogP contribution in [0.1, 0.15) is 24.4 Å². The number of benzene rings is 2. The van der Waals surface area contributed by atoms with Gasteiger partial charge in [-0.3, -0.25) is 4.79 Å². The molecule has 1 N–H and O–H groups in total. The van der Waals surface area contributed by atoms with E-state index in [1.165, 1.54) is 0 Å². The summed E-state index contributed by atoms with van der Waals surface area (Å²) in [5, 5.41) is 4.37. The van der Waals surface area contributed by atoms with Gasteiger partial charge in [0, 0.05) is 10.1 Å². The van der Waals surface area contributed by atoms with Crippen LogP contribution in [-0.4, -0.2) is 11.2 Å². The van der Waals surface area contributed by atoms with E-state index in [1.807, 2.05) is 30.3 Å². The Kier molecular flexibility index (Phi) is 4.71. The minimum absolute atomic E-state index is 0.00282. The highest BCUT2D eigenvalue weighted by molar-refractivity contribution is 8.00. The van der Waals surface area contributed by atoms with E-state index in [4.69, 9.17) is 4.42 Å². The fraction of sp³-hybridized carbons (Fsp3) is 0.158. The van der Waals surface area contributed by atoms with Gasteiger partial charge in [-0.15, -0.1) is 11.8 Å². The second-order valence-electron chi connectivity index (χ2n) is 5.60. The van der Waals surface area contributed by atoms with Crippen molar-refractivity contribution in [1.29, 1.82) is 0 Å². The van der Waals surface area contributed by atoms with Gasteiger partial charge in [-0.25, -0.2) is 4.79 Å². The first-order valence-electron chi connectivity index (χ1n) is 7.64. The molecule has 3 aromatic rings. The lowest BCUT2D eigenvalue weighted by Gasteiger charge is -2.12. The average molecular weight is 339 g/mol. The molecule has 0 unspecified atom stereocenters. The molecule has 0 spiro atoms. The van der Waals surface area contributed by atoms with Crippen LogP contribution >= 0.6 is 11.8 Å². The van der Waals surface area contributed by atoms with Gasteiger partial charge < -0.3 is 9.73 Å². The number of hydrogen-bond donors (Lipinski definition) is 1. The molecule has 1 heterocycles. The molecule has 0 saturated heterocycles. The van der Waals surface area contributed by atoms with Gasteiger partial charge in [0.15, 0.2) is 5.76 Å². The molecule has 2 aromatic carbocycles. The van der Waals surface area contributed by atoms with Crippen LogP contribution in [0, 0.1) is 0 Å². The van der Waals surface area contributed by atoms with Crippen LogP contribution in [0.2, 0.25) is 0 Å². The molecule has 0 aliphatic carbocycles. The van der Waals surface area contributed by atoms with Crippen molar-refractivity contribution < 1.29 is 9.21 Å². The number of carbonyl (C=O) groups excluding carboxylic acids is 1. The Bertz CT molecular complexity index is 946. The van der Waals surface area contributed by atoms with Crippen LogP contribution < -0.4 is 10.9 Å². The quantitative estimate of drug-likeness (QED) is 0.709. The Morgan fingerprint density at radius 2 is 1.79 bits per heavy atom. The zero-order valence-electron chi connectivity index (χ0n) is 13.4. The minimum atomic E-state index is -0.511. The largest absolute Gasteiger partial charge is 0.417 e. The third-order valence-corrected chi connectivity index (χ3v) is 4.47. The van der Waals surface area contributed by atoms with Crippen molar-refractivity contribution in [3.63, 3.8) is 0 Å². The summed E-state index contributed by atoms with van der Waals surface area (Å²) in [6.45, 7) is 4.18. The Balaban J connectivity index is 1.92. The number of para-hydroxylation sites is 1. The van der Waals surface area contributed by atoms with E-state index in [0.29, 0.717) is 21.7 Å². The molecule has 0 aliphatic rings. The summed E-state index contributed by atoms with van der Waals surface area (Å²) in [5.74, 6) is -0.433. The molecular formula is C19H17NO3S. The monoisotopic (exact) mass is 339 g/mol. The maximum atomic E-state index is 12.5. The van der Waals surface area contributed by atoms with E-state index in [-0.39, 0.29) is 5.76 Å². The minimum Gasteiger partial charge on any atom is -0.417 e. The molecule has 122 valence electrons. The number of anilines is 1. The van der Waals surface area contributed by atoms with E-state index < -0.39 is 11.5 Å². The lowest BCUT2D eigenvalue weighted by atomic mass is 10.1. The van der Waals surface area contributed by atoms with Gasteiger partial charge in [0.25, 0.3) is 5.91 Å². The SMILES string of the molecule is CC(C)Sc1ccccc1NC(=O)c1cc2ccccc2c(=O)o1. The topological polar surface area (TPSA) is 59.3 Å². The number of carbonyl (C=O) groups is 1. The number of hydrogen-bond acceptors (Lipinski definition) is 4. The normalized spacial score (nSPS) is 11.0. The van der Waals surface area contributed by atoms with Crippen molar-refractivity contribution in [3.8, 4) is 0 Å². The molecule has 4 nitrogen and oxygen atoms in total. The van der Waals surface area contributed by atoms with Gasteiger partial charge in [0.2, 0.25) is 0 Å². The number of nitrogens with one attached hydrogen (secondary N) is 1. The summed E-state index contributed by atoms with van der Waals surface area (Å²) in [5.41, 5.74) is 0.195. The summed E-state index contributed by atoms with van der Waals surface area (Å²) >= 11 is 1.66. The fourth-order valence-electron chi connectivity index (χ4n) is 2.36. The van der Waals surface area contributed by atoms with Crippen LogP contribution in [-0.2, 0) is 0 Å². The molecule has 5 heteroatoms. The smallest absolute Gasteiger partial charge is 0.344 e. The number of thioether (sulfide) groups is 1. The zero-order chi connectivity index (χ0) is 17.1. The van der Waals surface area contributed by atoms with Crippen LogP contribution in [0.25, 0.3) is 10.8 Å². The zero-order valence-corrected chi connectivity index (χ0v) is 14.2. The Hall–Kier alpha value is -2.53. The summed E-state index contributed by atoms with van der Waals surface area (Å²) < 4.78 is 5.17. The number of fused-ring (bicyclic) bond motifs is 1. The van der Waals surface area contributed by atoms with E-state index in [1.54, 1.807) is 36.0 Å². The maximum Gasteiger partial charge on any atom is 0.344 e. The third-order valence-electron chi connectivity index (χ3n) is 3.39. The van der Waals surface area contributed by atoms with E-state index in [0.717, 1.165) is 4.90 Å².